The van der Waals surface area contributed by atoms with Crippen LogP contribution in [0, 0.1) is 12.3 Å². The number of benzene rings is 1. The standard InChI is InChI=1S/C20H22N2O3/c1-12-6-5-7-13(8-12)22(4)19(25)15-9-14-16(21-18(15)24)10-20(2,3)11-17(14)23/h5-9H,10-11H2,1-4H3,(H,21,24). The molecular formula is C20H22N2O3. The Labute approximate surface area is 146 Å². The van der Waals surface area contributed by atoms with E-state index in [2.05, 4.69) is 4.98 Å². The van der Waals surface area contributed by atoms with Gasteiger partial charge in [-0.25, -0.2) is 0 Å². The first-order chi connectivity index (χ1) is 11.7. The molecule has 25 heavy (non-hydrogen) atoms. The molecule has 0 bridgehead atoms. The van der Waals surface area contributed by atoms with Crippen LogP contribution in [0.3, 0.4) is 0 Å². The number of ketones is 1. The second-order valence-electron chi connectivity index (χ2n) is 7.55. The summed E-state index contributed by atoms with van der Waals surface area (Å²) >= 11 is 0. The van der Waals surface area contributed by atoms with Crippen molar-refractivity contribution < 1.29 is 9.59 Å². The lowest BCUT2D eigenvalue weighted by atomic mass is 9.75. The molecule has 1 aromatic heterocycles. The van der Waals surface area contributed by atoms with Gasteiger partial charge in [0, 0.05) is 30.4 Å². The summed E-state index contributed by atoms with van der Waals surface area (Å²) < 4.78 is 0. The number of anilines is 1. The van der Waals surface area contributed by atoms with Gasteiger partial charge in [0.15, 0.2) is 5.78 Å². The normalized spacial score (nSPS) is 15.6. The third kappa shape index (κ3) is 3.27. The van der Waals surface area contributed by atoms with E-state index in [1.807, 2.05) is 45.0 Å². The van der Waals surface area contributed by atoms with Gasteiger partial charge in [0.05, 0.1) is 0 Å². The van der Waals surface area contributed by atoms with E-state index in [9.17, 15) is 14.4 Å². The molecular weight excluding hydrogens is 316 g/mol. The van der Waals surface area contributed by atoms with Crippen LogP contribution in [0.5, 0.6) is 0 Å². The van der Waals surface area contributed by atoms with Crippen LogP contribution in [-0.4, -0.2) is 23.7 Å². The summed E-state index contributed by atoms with van der Waals surface area (Å²) in [6.07, 6.45) is 1.03. The maximum Gasteiger partial charge on any atom is 0.263 e. The van der Waals surface area contributed by atoms with Crippen LogP contribution in [0.1, 0.15) is 52.2 Å². The number of aryl methyl sites for hydroxylation is 1. The van der Waals surface area contributed by atoms with Crippen molar-refractivity contribution in [1.29, 1.82) is 0 Å². The summed E-state index contributed by atoms with van der Waals surface area (Å²) in [6, 6.07) is 8.94. The van der Waals surface area contributed by atoms with Crippen LogP contribution in [0.15, 0.2) is 35.1 Å². The van der Waals surface area contributed by atoms with E-state index >= 15 is 0 Å². The number of Topliss-reactive ketones (excluding diaryl/α,β-unsaturated/α-hetero) is 1. The average Bonchev–Trinajstić information content (AvgIpc) is 2.52. The fourth-order valence-corrected chi connectivity index (χ4v) is 3.32. The molecule has 0 atom stereocenters. The molecule has 5 heteroatoms. The van der Waals surface area contributed by atoms with Gasteiger partial charge in [0.2, 0.25) is 0 Å². The molecule has 2 aromatic rings. The van der Waals surface area contributed by atoms with Crippen LogP contribution in [-0.2, 0) is 6.42 Å². The van der Waals surface area contributed by atoms with Crippen molar-refractivity contribution in [3.05, 3.63) is 63.1 Å². The third-order valence-electron chi connectivity index (χ3n) is 4.64. The Morgan fingerprint density at radius 2 is 1.88 bits per heavy atom. The zero-order valence-electron chi connectivity index (χ0n) is 15.0. The Kier molecular flexibility index (Phi) is 4.11. The van der Waals surface area contributed by atoms with Gasteiger partial charge in [-0.05, 0) is 42.5 Å². The van der Waals surface area contributed by atoms with Gasteiger partial charge in [0.1, 0.15) is 5.56 Å². The molecule has 1 N–H and O–H groups in total. The highest BCUT2D eigenvalue weighted by atomic mass is 16.2. The number of pyridine rings is 1. The number of aromatic amines is 1. The first-order valence-electron chi connectivity index (χ1n) is 8.32. The summed E-state index contributed by atoms with van der Waals surface area (Å²) in [5, 5.41) is 0. The third-order valence-corrected chi connectivity index (χ3v) is 4.64. The van der Waals surface area contributed by atoms with Gasteiger partial charge >= 0.3 is 0 Å². The molecule has 0 radical (unpaired) electrons. The quantitative estimate of drug-likeness (QED) is 0.914. The second kappa shape index (κ2) is 5.99. The highest BCUT2D eigenvalue weighted by Crippen LogP contribution is 2.33. The number of fused-ring (bicyclic) bond motifs is 1. The number of amides is 1. The summed E-state index contributed by atoms with van der Waals surface area (Å²) in [4.78, 5) is 41.8. The number of nitrogens with zero attached hydrogens (tertiary/aromatic N) is 1. The Hall–Kier alpha value is -2.69. The van der Waals surface area contributed by atoms with Crippen molar-refractivity contribution in [1.82, 2.24) is 4.98 Å². The van der Waals surface area contributed by atoms with E-state index < -0.39 is 11.5 Å². The predicted molar refractivity (Wildman–Crippen MR) is 97.4 cm³/mol. The molecule has 0 spiro atoms. The minimum absolute atomic E-state index is 0.00388. The molecule has 5 nitrogen and oxygen atoms in total. The maximum atomic E-state index is 12.8. The average molecular weight is 338 g/mol. The number of rotatable bonds is 2. The molecule has 0 aliphatic heterocycles. The summed E-state index contributed by atoms with van der Waals surface area (Å²) in [7, 11) is 1.63. The number of carbonyl (C=O) groups is 2. The van der Waals surface area contributed by atoms with Crippen LogP contribution >= 0.6 is 0 Å². The molecule has 1 heterocycles. The van der Waals surface area contributed by atoms with Crippen molar-refractivity contribution >= 4 is 17.4 Å². The van der Waals surface area contributed by atoms with Gasteiger partial charge in [-0.1, -0.05) is 26.0 Å². The van der Waals surface area contributed by atoms with Crippen molar-refractivity contribution in [2.24, 2.45) is 5.41 Å². The molecule has 1 aromatic carbocycles. The predicted octanol–water partition coefficient (Wildman–Crippen LogP) is 3.12. The molecule has 0 saturated carbocycles. The molecule has 1 aliphatic carbocycles. The molecule has 3 rings (SSSR count). The first-order valence-corrected chi connectivity index (χ1v) is 8.32. The zero-order chi connectivity index (χ0) is 18.4. The van der Waals surface area contributed by atoms with Crippen molar-refractivity contribution in [3.63, 3.8) is 0 Å². The summed E-state index contributed by atoms with van der Waals surface area (Å²) in [6.45, 7) is 5.93. The maximum absolute atomic E-state index is 12.8. The molecule has 1 aliphatic rings. The number of aromatic nitrogens is 1. The lowest BCUT2D eigenvalue weighted by Gasteiger charge is -2.30. The van der Waals surface area contributed by atoms with E-state index in [0.717, 1.165) is 5.56 Å². The van der Waals surface area contributed by atoms with Crippen LogP contribution in [0.2, 0.25) is 0 Å². The number of hydrogen-bond donors (Lipinski definition) is 1. The first kappa shape index (κ1) is 17.1. The van der Waals surface area contributed by atoms with E-state index in [-0.39, 0.29) is 16.8 Å². The smallest absolute Gasteiger partial charge is 0.263 e. The minimum atomic E-state index is -0.450. The SMILES string of the molecule is Cc1cccc(N(C)C(=O)c2cc3c([nH]c2=O)CC(C)(C)CC3=O)c1. The topological polar surface area (TPSA) is 70.2 Å². The fourth-order valence-electron chi connectivity index (χ4n) is 3.32. The number of hydrogen-bond acceptors (Lipinski definition) is 3. The van der Waals surface area contributed by atoms with E-state index in [1.165, 1.54) is 11.0 Å². The van der Waals surface area contributed by atoms with Crippen molar-refractivity contribution in [2.75, 3.05) is 11.9 Å². The monoisotopic (exact) mass is 338 g/mol. The van der Waals surface area contributed by atoms with Gasteiger partial charge in [-0.2, -0.15) is 0 Å². The zero-order valence-corrected chi connectivity index (χ0v) is 15.0. The molecule has 130 valence electrons. The highest BCUT2D eigenvalue weighted by Gasteiger charge is 2.33. The molecule has 0 unspecified atom stereocenters. The van der Waals surface area contributed by atoms with Gasteiger partial charge < -0.3 is 9.88 Å². The van der Waals surface area contributed by atoms with Crippen molar-refractivity contribution in [3.8, 4) is 0 Å². The number of H-pyrrole nitrogens is 1. The lowest BCUT2D eigenvalue weighted by molar-refractivity contribution is 0.0910. The van der Waals surface area contributed by atoms with E-state index in [1.54, 1.807) is 7.05 Å². The molecule has 0 saturated heterocycles. The summed E-state index contributed by atoms with van der Waals surface area (Å²) in [5.74, 6) is -0.456. The van der Waals surface area contributed by atoms with Crippen LogP contribution < -0.4 is 10.5 Å². The lowest BCUT2D eigenvalue weighted by Crippen LogP contribution is -2.35. The van der Waals surface area contributed by atoms with E-state index in [4.69, 9.17) is 0 Å². The Morgan fingerprint density at radius 3 is 2.56 bits per heavy atom. The number of nitrogens with one attached hydrogen (secondary N) is 1. The minimum Gasteiger partial charge on any atom is -0.325 e. The Balaban J connectivity index is 2.01. The van der Waals surface area contributed by atoms with Gasteiger partial charge in [-0.3, -0.25) is 14.4 Å². The highest BCUT2D eigenvalue weighted by molar-refractivity contribution is 6.07. The summed E-state index contributed by atoms with van der Waals surface area (Å²) in [5.41, 5.74) is 2.17. The van der Waals surface area contributed by atoms with Gasteiger partial charge in [0.25, 0.3) is 11.5 Å². The molecule has 0 fully saturated rings. The van der Waals surface area contributed by atoms with Gasteiger partial charge in [-0.15, -0.1) is 0 Å². The van der Waals surface area contributed by atoms with Crippen LogP contribution in [0.4, 0.5) is 5.69 Å². The number of carbonyl (C=O) groups excluding carboxylic acids is 2. The van der Waals surface area contributed by atoms with E-state index in [0.29, 0.717) is 29.8 Å². The van der Waals surface area contributed by atoms with Crippen molar-refractivity contribution in [2.45, 2.75) is 33.6 Å². The Bertz CT molecular complexity index is 925. The second-order valence-corrected chi connectivity index (χ2v) is 7.55. The fraction of sp³-hybridized carbons (Fsp3) is 0.350. The van der Waals surface area contributed by atoms with Crippen LogP contribution in [0.25, 0.3) is 0 Å². The molecule has 1 amide bonds. The largest absolute Gasteiger partial charge is 0.325 e. The Morgan fingerprint density at radius 1 is 1.16 bits per heavy atom.